The first kappa shape index (κ1) is 13.7. The van der Waals surface area contributed by atoms with Crippen LogP contribution in [0.25, 0.3) is 11.3 Å². The fourth-order valence-corrected chi connectivity index (χ4v) is 2.37. The molecule has 0 amide bonds. The first-order valence-electron chi connectivity index (χ1n) is 6.25. The van der Waals surface area contributed by atoms with Crippen molar-refractivity contribution in [3.05, 3.63) is 29.0 Å². The number of ether oxygens (including phenoxy) is 1. The van der Waals surface area contributed by atoms with E-state index in [0.29, 0.717) is 16.6 Å². The van der Waals surface area contributed by atoms with E-state index < -0.39 is 0 Å². The maximum absolute atomic E-state index is 6.17. The summed E-state index contributed by atoms with van der Waals surface area (Å²) in [5.74, 6) is 2.25. The van der Waals surface area contributed by atoms with Crippen LogP contribution < -0.4 is 10.5 Å². The Morgan fingerprint density at radius 3 is 2.74 bits per heavy atom. The van der Waals surface area contributed by atoms with Crippen molar-refractivity contribution < 1.29 is 4.74 Å². The zero-order valence-electron chi connectivity index (χ0n) is 11.4. The number of aromatic nitrogens is 2. The number of methoxy groups -OCH3 is 1. The van der Waals surface area contributed by atoms with Crippen molar-refractivity contribution in [2.75, 3.05) is 12.8 Å². The Kier molecular flexibility index (Phi) is 4.00. The summed E-state index contributed by atoms with van der Waals surface area (Å²) in [6.07, 6.45) is 1.02. The fourth-order valence-electron chi connectivity index (χ4n) is 2.11. The molecule has 4 nitrogen and oxygen atoms in total. The molecule has 1 aromatic heterocycles. The van der Waals surface area contributed by atoms with Crippen molar-refractivity contribution in [1.82, 2.24) is 9.55 Å². The Hall–Kier alpha value is -1.68. The number of nitrogen functional groups attached to an aromatic ring is 1. The number of anilines is 1. The van der Waals surface area contributed by atoms with Crippen LogP contribution in [0, 0.1) is 6.92 Å². The first-order valence-corrected chi connectivity index (χ1v) is 6.62. The average molecular weight is 280 g/mol. The van der Waals surface area contributed by atoms with Crippen molar-refractivity contribution >= 4 is 17.4 Å². The molecule has 0 unspecified atom stereocenters. The SMILES string of the molecule is CCCn1c(C)nc(-c2ccc(OC)c(Cl)c2)c1N. The number of nitrogens with two attached hydrogens (primary N) is 1. The molecule has 2 N–H and O–H groups in total. The lowest BCUT2D eigenvalue weighted by Gasteiger charge is -2.07. The average Bonchev–Trinajstić information content (AvgIpc) is 2.67. The minimum Gasteiger partial charge on any atom is -0.495 e. The molecule has 0 saturated carbocycles. The lowest BCUT2D eigenvalue weighted by atomic mass is 10.1. The largest absolute Gasteiger partial charge is 0.495 e. The van der Waals surface area contributed by atoms with E-state index in [1.165, 1.54) is 0 Å². The van der Waals surface area contributed by atoms with Crippen molar-refractivity contribution in [2.24, 2.45) is 0 Å². The molecule has 0 saturated heterocycles. The molecule has 0 bridgehead atoms. The van der Waals surface area contributed by atoms with Crippen molar-refractivity contribution in [3.63, 3.8) is 0 Å². The molecule has 2 rings (SSSR count). The highest BCUT2D eigenvalue weighted by molar-refractivity contribution is 6.32. The standard InChI is InChI=1S/C14H18ClN3O/c1-4-7-18-9(2)17-13(14(18)16)10-5-6-12(19-3)11(15)8-10/h5-6,8H,4,7,16H2,1-3H3. The van der Waals surface area contributed by atoms with Gasteiger partial charge in [-0.25, -0.2) is 4.98 Å². The predicted octanol–water partition coefficient (Wildman–Crippen LogP) is 3.51. The summed E-state index contributed by atoms with van der Waals surface area (Å²) < 4.78 is 7.17. The number of nitrogens with zero attached hydrogens (tertiary/aromatic N) is 2. The van der Waals surface area contributed by atoms with E-state index in [-0.39, 0.29) is 0 Å². The van der Waals surface area contributed by atoms with Crippen LogP contribution in [-0.4, -0.2) is 16.7 Å². The van der Waals surface area contributed by atoms with Gasteiger partial charge in [-0.3, -0.25) is 0 Å². The van der Waals surface area contributed by atoms with Crippen LogP contribution in [0.4, 0.5) is 5.82 Å². The monoisotopic (exact) mass is 279 g/mol. The van der Waals surface area contributed by atoms with Crippen molar-refractivity contribution in [1.29, 1.82) is 0 Å². The molecule has 0 spiro atoms. The van der Waals surface area contributed by atoms with Gasteiger partial charge in [-0.15, -0.1) is 0 Å². The smallest absolute Gasteiger partial charge is 0.137 e. The minimum atomic E-state index is 0.557. The van der Waals surface area contributed by atoms with Gasteiger partial charge < -0.3 is 15.0 Å². The normalized spacial score (nSPS) is 10.7. The zero-order valence-corrected chi connectivity index (χ0v) is 12.2. The molecule has 0 aliphatic heterocycles. The van der Waals surface area contributed by atoms with Crippen LogP contribution in [0.5, 0.6) is 5.75 Å². The number of benzene rings is 1. The second-order valence-electron chi connectivity index (χ2n) is 4.39. The van der Waals surface area contributed by atoms with Crippen molar-refractivity contribution in [2.45, 2.75) is 26.8 Å². The third kappa shape index (κ3) is 2.54. The molecule has 0 fully saturated rings. The van der Waals surface area contributed by atoms with Gasteiger partial charge in [-0.1, -0.05) is 18.5 Å². The van der Waals surface area contributed by atoms with Gasteiger partial charge in [0.25, 0.3) is 0 Å². The summed E-state index contributed by atoms with van der Waals surface area (Å²) in [5, 5.41) is 0.557. The van der Waals surface area contributed by atoms with Crippen molar-refractivity contribution in [3.8, 4) is 17.0 Å². The second-order valence-corrected chi connectivity index (χ2v) is 4.80. The number of imidazole rings is 1. The highest BCUT2D eigenvalue weighted by Gasteiger charge is 2.14. The molecule has 0 aliphatic carbocycles. The molecule has 5 heteroatoms. The van der Waals surface area contributed by atoms with Gasteiger partial charge in [0.2, 0.25) is 0 Å². The van der Waals surface area contributed by atoms with Gasteiger partial charge in [0.15, 0.2) is 0 Å². The molecule has 19 heavy (non-hydrogen) atoms. The molecule has 0 atom stereocenters. The summed E-state index contributed by atoms with van der Waals surface area (Å²) in [6, 6.07) is 5.57. The highest BCUT2D eigenvalue weighted by Crippen LogP contribution is 2.32. The summed E-state index contributed by atoms with van der Waals surface area (Å²) in [7, 11) is 1.59. The first-order chi connectivity index (χ1) is 9.08. The van der Waals surface area contributed by atoms with Crippen LogP contribution >= 0.6 is 11.6 Å². The summed E-state index contributed by atoms with van der Waals surface area (Å²) in [4.78, 5) is 4.53. The summed E-state index contributed by atoms with van der Waals surface area (Å²) in [5.41, 5.74) is 7.85. The zero-order chi connectivity index (χ0) is 14.0. The van der Waals surface area contributed by atoms with E-state index in [0.717, 1.165) is 30.0 Å². The lowest BCUT2D eigenvalue weighted by molar-refractivity contribution is 0.415. The van der Waals surface area contributed by atoms with Crippen LogP contribution in [0.15, 0.2) is 18.2 Å². The predicted molar refractivity (Wildman–Crippen MR) is 78.7 cm³/mol. The van der Waals surface area contributed by atoms with Crippen LogP contribution in [0.3, 0.4) is 0 Å². The minimum absolute atomic E-state index is 0.557. The van der Waals surface area contributed by atoms with Gasteiger partial charge in [-0.05, 0) is 31.5 Å². The maximum atomic E-state index is 6.17. The molecule has 2 aromatic rings. The van der Waals surface area contributed by atoms with E-state index >= 15 is 0 Å². The van der Waals surface area contributed by atoms with Crippen LogP contribution in [0.2, 0.25) is 5.02 Å². The van der Waals surface area contributed by atoms with Crippen LogP contribution in [0.1, 0.15) is 19.2 Å². The van der Waals surface area contributed by atoms with Gasteiger partial charge >= 0.3 is 0 Å². The third-order valence-corrected chi connectivity index (χ3v) is 3.37. The quantitative estimate of drug-likeness (QED) is 0.932. The number of halogens is 1. The Balaban J connectivity index is 2.47. The molecular weight excluding hydrogens is 262 g/mol. The molecule has 1 heterocycles. The van der Waals surface area contributed by atoms with E-state index in [1.54, 1.807) is 7.11 Å². The van der Waals surface area contributed by atoms with E-state index in [9.17, 15) is 0 Å². The molecule has 102 valence electrons. The lowest BCUT2D eigenvalue weighted by Crippen LogP contribution is -2.04. The second kappa shape index (κ2) is 5.53. The number of hydrogen-bond donors (Lipinski definition) is 1. The molecule has 1 aromatic carbocycles. The maximum Gasteiger partial charge on any atom is 0.137 e. The Labute approximate surface area is 118 Å². The molecule has 0 aliphatic rings. The van der Waals surface area contributed by atoms with E-state index in [2.05, 4.69) is 11.9 Å². The van der Waals surface area contributed by atoms with E-state index in [1.807, 2.05) is 29.7 Å². The van der Waals surface area contributed by atoms with Gasteiger partial charge in [-0.2, -0.15) is 0 Å². The summed E-state index contributed by atoms with van der Waals surface area (Å²) in [6.45, 7) is 4.94. The Morgan fingerprint density at radius 1 is 1.42 bits per heavy atom. The topological polar surface area (TPSA) is 53.1 Å². The number of hydrogen-bond acceptors (Lipinski definition) is 3. The van der Waals surface area contributed by atoms with Gasteiger partial charge in [0.05, 0.1) is 12.1 Å². The third-order valence-electron chi connectivity index (χ3n) is 3.07. The van der Waals surface area contributed by atoms with Gasteiger partial charge in [0.1, 0.15) is 23.1 Å². The fraction of sp³-hybridized carbons (Fsp3) is 0.357. The van der Waals surface area contributed by atoms with Gasteiger partial charge in [0, 0.05) is 12.1 Å². The Bertz CT molecular complexity index is 593. The number of aryl methyl sites for hydroxylation is 1. The summed E-state index contributed by atoms with van der Waals surface area (Å²) >= 11 is 6.14. The molecular formula is C14H18ClN3O. The van der Waals surface area contributed by atoms with Crippen LogP contribution in [-0.2, 0) is 6.54 Å². The van der Waals surface area contributed by atoms with E-state index in [4.69, 9.17) is 22.1 Å². The Morgan fingerprint density at radius 2 is 2.16 bits per heavy atom. The molecule has 0 radical (unpaired) electrons. The highest BCUT2D eigenvalue weighted by atomic mass is 35.5. The number of rotatable bonds is 4.